The molecule has 0 aliphatic heterocycles. The van der Waals surface area contributed by atoms with Crippen LogP contribution in [0.15, 0.2) is 45.3 Å². The number of hydrogen-bond acceptors (Lipinski definition) is 4. The molecule has 1 amide bonds. The van der Waals surface area contributed by atoms with E-state index in [0.29, 0.717) is 10.2 Å². The minimum absolute atomic E-state index is 0.157. The summed E-state index contributed by atoms with van der Waals surface area (Å²) in [6, 6.07) is 9.05. The summed E-state index contributed by atoms with van der Waals surface area (Å²) in [7, 11) is 0. The molecule has 2 rings (SSSR count). The SMILES string of the molecule is O=C(COc1ccc(Br)cc1Br)Nc1cc([N+](=O)[O-])ccc1Cl. The molecular weight excluding hydrogens is 455 g/mol. The van der Waals surface area contributed by atoms with Crippen molar-refractivity contribution in [3.8, 4) is 5.75 Å². The van der Waals surface area contributed by atoms with Gasteiger partial charge in [-0.15, -0.1) is 0 Å². The van der Waals surface area contributed by atoms with Crippen LogP contribution in [0.3, 0.4) is 0 Å². The maximum atomic E-state index is 11.9. The standard InChI is InChI=1S/C14H9Br2ClN2O4/c15-8-1-4-13(10(16)5-8)23-7-14(20)18-12-6-9(19(21)22)2-3-11(12)17/h1-6H,7H2,(H,18,20). The Bertz CT molecular complexity index is 770. The molecule has 0 heterocycles. The number of nitro benzene ring substituents is 1. The Labute approximate surface area is 153 Å². The highest BCUT2D eigenvalue weighted by Gasteiger charge is 2.13. The molecule has 0 saturated heterocycles. The fourth-order valence-corrected chi connectivity index (χ4v) is 2.97. The first kappa shape index (κ1) is 17.7. The van der Waals surface area contributed by atoms with Crippen molar-refractivity contribution in [2.45, 2.75) is 0 Å². The van der Waals surface area contributed by atoms with Crippen LogP contribution in [-0.4, -0.2) is 17.4 Å². The number of hydrogen-bond donors (Lipinski definition) is 1. The first-order valence-electron chi connectivity index (χ1n) is 6.18. The van der Waals surface area contributed by atoms with E-state index in [0.717, 1.165) is 4.47 Å². The smallest absolute Gasteiger partial charge is 0.271 e. The molecule has 0 unspecified atom stereocenters. The monoisotopic (exact) mass is 462 g/mol. The van der Waals surface area contributed by atoms with Gasteiger partial charge < -0.3 is 10.1 Å². The predicted octanol–water partition coefficient (Wildman–Crippen LogP) is 4.79. The van der Waals surface area contributed by atoms with E-state index in [1.165, 1.54) is 18.2 Å². The van der Waals surface area contributed by atoms with Gasteiger partial charge in [-0.1, -0.05) is 27.5 Å². The van der Waals surface area contributed by atoms with Gasteiger partial charge in [-0.2, -0.15) is 0 Å². The molecule has 0 aromatic heterocycles. The van der Waals surface area contributed by atoms with Gasteiger partial charge in [0.15, 0.2) is 6.61 Å². The summed E-state index contributed by atoms with van der Waals surface area (Å²) < 4.78 is 6.94. The number of rotatable bonds is 5. The Morgan fingerprint density at radius 2 is 2.00 bits per heavy atom. The van der Waals surface area contributed by atoms with Gasteiger partial charge >= 0.3 is 0 Å². The highest BCUT2D eigenvalue weighted by Crippen LogP contribution is 2.29. The Kier molecular flexibility index (Phi) is 5.97. The number of carbonyl (C=O) groups is 1. The molecule has 0 aliphatic rings. The molecule has 6 nitrogen and oxygen atoms in total. The van der Waals surface area contributed by atoms with E-state index in [1.807, 2.05) is 0 Å². The second-order valence-corrected chi connectivity index (χ2v) is 6.51. The Balaban J connectivity index is 2.02. The Morgan fingerprint density at radius 3 is 2.65 bits per heavy atom. The van der Waals surface area contributed by atoms with Crippen LogP contribution >= 0.6 is 43.5 Å². The quantitative estimate of drug-likeness (QED) is 0.510. The van der Waals surface area contributed by atoms with Crippen molar-refractivity contribution in [1.29, 1.82) is 0 Å². The van der Waals surface area contributed by atoms with Crippen molar-refractivity contribution in [2.75, 3.05) is 11.9 Å². The van der Waals surface area contributed by atoms with Gasteiger partial charge in [-0.05, 0) is 40.2 Å². The van der Waals surface area contributed by atoms with Crippen LogP contribution in [0, 0.1) is 10.1 Å². The number of halogens is 3. The summed E-state index contributed by atoms with van der Waals surface area (Å²) in [5.74, 6) is 0.00991. The molecule has 1 N–H and O–H groups in total. The molecule has 9 heteroatoms. The lowest BCUT2D eigenvalue weighted by Gasteiger charge is -2.10. The third-order valence-electron chi connectivity index (χ3n) is 2.69. The number of ether oxygens (including phenoxy) is 1. The molecular formula is C14H9Br2ClN2O4. The van der Waals surface area contributed by atoms with Crippen molar-refractivity contribution in [3.63, 3.8) is 0 Å². The molecule has 0 fully saturated rings. The second kappa shape index (κ2) is 7.76. The van der Waals surface area contributed by atoms with E-state index in [4.69, 9.17) is 16.3 Å². The summed E-state index contributed by atoms with van der Waals surface area (Å²) in [6.07, 6.45) is 0. The number of nitrogens with one attached hydrogen (secondary N) is 1. The van der Waals surface area contributed by atoms with Gasteiger partial charge in [0.25, 0.3) is 11.6 Å². The van der Waals surface area contributed by atoms with Crippen molar-refractivity contribution in [1.82, 2.24) is 0 Å². The van der Waals surface area contributed by atoms with Gasteiger partial charge in [0.1, 0.15) is 5.75 Å². The maximum absolute atomic E-state index is 11.9. The third kappa shape index (κ3) is 4.92. The molecule has 23 heavy (non-hydrogen) atoms. The zero-order valence-corrected chi connectivity index (χ0v) is 15.3. The number of nitro groups is 1. The van der Waals surface area contributed by atoms with E-state index < -0.39 is 10.8 Å². The lowest BCUT2D eigenvalue weighted by Crippen LogP contribution is -2.20. The van der Waals surface area contributed by atoms with Crippen LogP contribution in [0.5, 0.6) is 5.75 Å². The molecule has 2 aromatic carbocycles. The number of benzene rings is 2. The molecule has 0 aliphatic carbocycles. The average molecular weight is 464 g/mol. The van der Waals surface area contributed by atoms with Gasteiger partial charge in [0, 0.05) is 16.6 Å². The highest BCUT2D eigenvalue weighted by molar-refractivity contribution is 9.11. The molecule has 120 valence electrons. The Hall–Kier alpha value is -1.64. The van der Waals surface area contributed by atoms with E-state index in [1.54, 1.807) is 18.2 Å². The largest absolute Gasteiger partial charge is 0.483 e. The molecule has 0 spiro atoms. The normalized spacial score (nSPS) is 10.2. The van der Waals surface area contributed by atoms with Crippen molar-refractivity contribution < 1.29 is 14.5 Å². The number of non-ortho nitro benzene ring substituents is 1. The summed E-state index contributed by atoms with van der Waals surface area (Å²) in [4.78, 5) is 22.1. The third-order valence-corrected chi connectivity index (χ3v) is 4.13. The van der Waals surface area contributed by atoms with E-state index in [2.05, 4.69) is 37.2 Å². The molecule has 0 atom stereocenters. The first-order valence-corrected chi connectivity index (χ1v) is 8.15. The van der Waals surface area contributed by atoms with Crippen LogP contribution < -0.4 is 10.1 Å². The zero-order valence-electron chi connectivity index (χ0n) is 11.4. The van der Waals surface area contributed by atoms with Crippen molar-refractivity contribution >= 4 is 60.7 Å². The van der Waals surface area contributed by atoms with Gasteiger partial charge in [-0.25, -0.2) is 0 Å². The van der Waals surface area contributed by atoms with E-state index >= 15 is 0 Å². The predicted molar refractivity (Wildman–Crippen MR) is 94.1 cm³/mol. The molecule has 0 saturated carbocycles. The average Bonchev–Trinajstić information content (AvgIpc) is 2.48. The highest BCUT2D eigenvalue weighted by atomic mass is 79.9. The van der Waals surface area contributed by atoms with Crippen LogP contribution in [0.1, 0.15) is 0 Å². The fourth-order valence-electron chi connectivity index (χ4n) is 1.64. The zero-order chi connectivity index (χ0) is 17.0. The molecule has 0 radical (unpaired) electrons. The topological polar surface area (TPSA) is 81.5 Å². The maximum Gasteiger partial charge on any atom is 0.271 e. The van der Waals surface area contributed by atoms with Crippen molar-refractivity contribution in [2.24, 2.45) is 0 Å². The van der Waals surface area contributed by atoms with Crippen LogP contribution in [0.4, 0.5) is 11.4 Å². The van der Waals surface area contributed by atoms with Crippen LogP contribution in [-0.2, 0) is 4.79 Å². The van der Waals surface area contributed by atoms with Gasteiger partial charge in [0.2, 0.25) is 0 Å². The summed E-state index contributed by atoms with van der Waals surface area (Å²) in [5.41, 5.74) is -0.00869. The van der Waals surface area contributed by atoms with Gasteiger partial charge in [0.05, 0.1) is 20.1 Å². The van der Waals surface area contributed by atoms with Crippen LogP contribution in [0.2, 0.25) is 5.02 Å². The number of anilines is 1. The van der Waals surface area contributed by atoms with E-state index in [9.17, 15) is 14.9 Å². The van der Waals surface area contributed by atoms with Gasteiger partial charge in [-0.3, -0.25) is 14.9 Å². The lowest BCUT2D eigenvalue weighted by atomic mass is 10.3. The fraction of sp³-hybridized carbons (Fsp3) is 0.0714. The molecule has 2 aromatic rings. The van der Waals surface area contributed by atoms with E-state index in [-0.39, 0.29) is 23.0 Å². The number of nitrogens with zero attached hydrogens (tertiary/aromatic N) is 1. The first-order chi connectivity index (χ1) is 10.9. The number of carbonyl (C=O) groups excluding carboxylic acids is 1. The molecule has 0 bridgehead atoms. The lowest BCUT2D eigenvalue weighted by molar-refractivity contribution is -0.384. The summed E-state index contributed by atoms with van der Waals surface area (Å²) in [6.45, 7) is -0.265. The summed E-state index contributed by atoms with van der Waals surface area (Å²) in [5, 5.41) is 13.4. The second-order valence-electron chi connectivity index (χ2n) is 4.33. The Morgan fingerprint density at radius 1 is 1.26 bits per heavy atom. The van der Waals surface area contributed by atoms with Crippen molar-refractivity contribution in [3.05, 3.63) is 60.5 Å². The summed E-state index contributed by atoms with van der Waals surface area (Å²) >= 11 is 12.5. The minimum atomic E-state index is -0.568. The van der Waals surface area contributed by atoms with Crippen LogP contribution in [0.25, 0.3) is 0 Å². The number of amides is 1. The minimum Gasteiger partial charge on any atom is -0.483 e.